The summed E-state index contributed by atoms with van der Waals surface area (Å²) in [5.74, 6) is -0.908. The number of hydrogen-bond donors (Lipinski definition) is 3. The molecular formula is C27H24N8O3. The zero-order valence-corrected chi connectivity index (χ0v) is 20.3. The zero-order valence-electron chi connectivity index (χ0n) is 20.3. The Hall–Kier alpha value is -5.08. The lowest BCUT2D eigenvalue weighted by molar-refractivity contribution is -0.117. The highest BCUT2D eigenvalue weighted by molar-refractivity contribution is 6.19. The number of morpholine rings is 1. The van der Waals surface area contributed by atoms with Gasteiger partial charge in [0.25, 0.3) is 11.9 Å². The van der Waals surface area contributed by atoms with Crippen molar-refractivity contribution in [1.29, 1.82) is 10.7 Å². The number of nitriles is 1. The third kappa shape index (κ3) is 5.21. The van der Waals surface area contributed by atoms with E-state index < -0.39 is 24.0 Å². The van der Waals surface area contributed by atoms with Crippen LogP contribution in [-0.2, 0) is 14.3 Å². The molecule has 0 aliphatic carbocycles. The van der Waals surface area contributed by atoms with Crippen LogP contribution in [0.3, 0.4) is 0 Å². The fourth-order valence-corrected chi connectivity index (χ4v) is 4.20. The van der Waals surface area contributed by atoms with Gasteiger partial charge in [-0.2, -0.15) is 10.3 Å². The number of ether oxygens (including phenoxy) is 2. The van der Waals surface area contributed by atoms with Crippen LogP contribution in [0.4, 0.5) is 11.4 Å². The number of carbonyl (C=O) groups is 1. The summed E-state index contributed by atoms with van der Waals surface area (Å²) in [6.07, 6.45) is -1.26. The third-order valence-corrected chi connectivity index (χ3v) is 5.98. The maximum Gasteiger partial charge on any atom is 0.291 e. The monoisotopic (exact) mass is 508 g/mol. The van der Waals surface area contributed by atoms with Gasteiger partial charge >= 0.3 is 0 Å². The number of pyridine rings is 1. The van der Waals surface area contributed by atoms with Crippen LogP contribution in [0.5, 0.6) is 0 Å². The first-order valence-corrected chi connectivity index (χ1v) is 11.9. The second-order valence-corrected chi connectivity index (χ2v) is 8.43. The molecule has 1 amide bonds. The number of anilines is 2. The largest absolute Gasteiger partial charge is 0.405 e. The topological polar surface area (TPSA) is 162 Å². The van der Waals surface area contributed by atoms with Gasteiger partial charge in [0.05, 0.1) is 30.3 Å². The number of amides is 1. The number of rotatable bonds is 4. The van der Waals surface area contributed by atoms with Crippen molar-refractivity contribution in [3.63, 3.8) is 0 Å². The zero-order chi connectivity index (χ0) is 26.5. The maximum absolute atomic E-state index is 13.0. The molecule has 3 heterocycles. The fourth-order valence-electron chi connectivity index (χ4n) is 4.20. The molecule has 11 heteroatoms. The maximum atomic E-state index is 13.0. The molecule has 1 atom stereocenters. The number of aromatic nitrogens is 1. The smallest absolute Gasteiger partial charge is 0.291 e. The predicted molar refractivity (Wildman–Crippen MR) is 142 cm³/mol. The van der Waals surface area contributed by atoms with E-state index in [2.05, 4.69) is 20.3 Å². The summed E-state index contributed by atoms with van der Waals surface area (Å²) in [5, 5.41) is 20.7. The molecule has 1 unspecified atom stereocenters. The number of nitrogens with two attached hydrogens (primary N) is 1. The number of nitrogens with one attached hydrogen (secondary N) is 2. The molecule has 2 aromatic carbocycles. The van der Waals surface area contributed by atoms with E-state index >= 15 is 0 Å². The summed E-state index contributed by atoms with van der Waals surface area (Å²) in [4.78, 5) is 28.1. The van der Waals surface area contributed by atoms with Crippen molar-refractivity contribution in [2.75, 3.05) is 36.5 Å². The van der Waals surface area contributed by atoms with Gasteiger partial charge in [0.15, 0.2) is 0 Å². The van der Waals surface area contributed by atoms with E-state index in [4.69, 9.17) is 20.6 Å². The van der Waals surface area contributed by atoms with Crippen LogP contribution in [0, 0.1) is 16.7 Å². The van der Waals surface area contributed by atoms with E-state index in [-0.39, 0.29) is 11.4 Å². The van der Waals surface area contributed by atoms with Gasteiger partial charge in [-0.05, 0) is 18.2 Å². The normalized spacial score (nSPS) is 17.4. The standard InChI is InChI=1S/C27H24N8O3/c28-16-18-10-11-21(35-12-14-37-15-13-35)23(31-18)24(29)38-27(30)34-25-26(36)32-20-9-5-4-8-19(20)22(33-25)17-6-2-1-3-7-17/h1-11,25,29H,12-15H2,(H2,30,34)(H,32,36). The molecular weight excluding hydrogens is 484 g/mol. The average Bonchev–Trinajstić information content (AvgIpc) is 3.09. The molecule has 2 aliphatic rings. The van der Waals surface area contributed by atoms with Crippen LogP contribution in [0.1, 0.15) is 22.5 Å². The highest BCUT2D eigenvalue weighted by atomic mass is 16.5. The van der Waals surface area contributed by atoms with Gasteiger partial charge in [0, 0.05) is 24.2 Å². The number of nitrogens with zero attached hydrogens (tertiary/aromatic N) is 5. The van der Waals surface area contributed by atoms with Crippen molar-refractivity contribution in [1.82, 2.24) is 4.98 Å². The summed E-state index contributed by atoms with van der Waals surface area (Å²) in [7, 11) is 0. The number of para-hydroxylation sites is 1. The minimum Gasteiger partial charge on any atom is -0.405 e. The van der Waals surface area contributed by atoms with Crippen LogP contribution < -0.4 is 16.0 Å². The Morgan fingerprint density at radius 2 is 1.87 bits per heavy atom. The van der Waals surface area contributed by atoms with E-state index in [0.29, 0.717) is 43.4 Å². The van der Waals surface area contributed by atoms with Crippen molar-refractivity contribution < 1.29 is 14.3 Å². The highest BCUT2D eigenvalue weighted by Crippen LogP contribution is 2.25. The number of benzodiazepines with no additional fused rings is 1. The molecule has 1 aromatic heterocycles. The minimum atomic E-state index is -1.26. The van der Waals surface area contributed by atoms with E-state index in [9.17, 15) is 10.1 Å². The number of fused-ring (bicyclic) bond motifs is 1. The van der Waals surface area contributed by atoms with Crippen molar-refractivity contribution in [2.24, 2.45) is 15.7 Å². The molecule has 0 saturated carbocycles. The molecule has 3 aromatic rings. The van der Waals surface area contributed by atoms with Crippen molar-refractivity contribution in [2.45, 2.75) is 6.17 Å². The SMILES string of the molecule is N#Cc1ccc(N2CCOCC2)c(C(=N)O/C(N)=N/C2N=C(c3ccccc3)c3ccccc3NC2=O)n1. The number of benzene rings is 2. The molecule has 0 bridgehead atoms. The van der Waals surface area contributed by atoms with E-state index in [1.807, 2.05) is 59.5 Å². The number of aliphatic imine (C=N–C) groups is 2. The van der Waals surface area contributed by atoms with Gasteiger partial charge in [0.2, 0.25) is 12.1 Å². The molecule has 190 valence electrons. The van der Waals surface area contributed by atoms with Crippen LogP contribution in [0.2, 0.25) is 0 Å². The quantitative estimate of drug-likeness (QED) is 0.360. The van der Waals surface area contributed by atoms with Crippen molar-refractivity contribution in [3.05, 3.63) is 89.2 Å². The minimum absolute atomic E-state index is 0.124. The molecule has 4 N–H and O–H groups in total. The van der Waals surface area contributed by atoms with E-state index in [1.165, 1.54) is 0 Å². The molecule has 1 fully saturated rings. The lowest BCUT2D eigenvalue weighted by Crippen LogP contribution is -2.37. The molecule has 5 rings (SSSR count). The second-order valence-electron chi connectivity index (χ2n) is 8.43. The molecule has 1 saturated heterocycles. The van der Waals surface area contributed by atoms with Crippen LogP contribution in [0.15, 0.2) is 76.7 Å². The van der Waals surface area contributed by atoms with Gasteiger partial charge in [-0.25, -0.2) is 9.98 Å². The van der Waals surface area contributed by atoms with E-state index in [1.54, 1.807) is 18.2 Å². The van der Waals surface area contributed by atoms with Crippen LogP contribution >= 0.6 is 0 Å². The first-order valence-electron chi connectivity index (χ1n) is 11.9. The van der Waals surface area contributed by atoms with Gasteiger partial charge in [-0.15, -0.1) is 0 Å². The highest BCUT2D eigenvalue weighted by Gasteiger charge is 2.27. The first kappa shape index (κ1) is 24.6. The Morgan fingerprint density at radius 1 is 1.13 bits per heavy atom. The Morgan fingerprint density at radius 3 is 2.63 bits per heavy atom. The summed E-state index contributed by atoms with van der Waals surface area (Å²) in [6, 6.07) is 21.6. The second kappa shape index (κ2) is 10.9. The van der Waals surface area contributed by atoms with Crippen molar-refractivity contribution in [3.8, 4) is 6.07 Å². The number of hydrogen-bond acceptors (Lipinski definition) is 9. The lowest BCUT2D eigenvalue weighted by Gasteiger charge is -2.30. The Balaban J connectivity index is 1.45. The molecule has 11 nitrogen and oxygen atoms in total. The molecule has 2 aliphatic heterocycles. The third-order valence-electron chi connectivity index (χ3n) is 5.98. The Labute approximate surface area is 218 Å². The van der Waals surface area contributed by atoms with Gasteiger partial charge < -0.3 is 25.4 Å². The van der Waals surface area contributed by atoms with Crippen molar-refractivity contribution >= 4 is 34.9 Å². The number of carbonyl (C=O) groups excluding carboxylic acids is 1. The van der Waals surface area contributed by atoms with Gasteiger partial charge in [-0.3, -0.25) is 10.2 Å². The summed E-state index contributed by atoms with van der Waals surface area (Å²) in [6.45, 7) is 2.24. The fraction of sp³-hybridized carbons (Fsp3) is 0.185. The average molecular weight is 509 g/mol. The van der Waals surface area contributed by atoms with Crippen LogP contribution in [-0.4, -0.2) is 61.0 Å². The Kier molecular flexibility index (Phi) is 7.06. The molecule has 0 spiro atoms. The van der Waals surface area contributed by atoms with Gasteiger partial charge in [-0.1, -0.05) is 48.5 Å². The van der Waals surface area contributed by atoms with Gasteiger partial charge in [0.1, 0.15) is 17.5 Å². The summed E-state index contributed by atoms with van der Waals surface area (Å²) >= 11 is 0. The summed E-state index contributed by atoms with van der Waals surface area (Å²) in [5.41, 5.74) is 9.62. The Bertz CT molecular complexity index is 1470. The lowest BCUT2D eigenvalue weighted by atomic mass is 10.0. The summed E-state index contributed by atoms with van der Waals surface area (Å²) < 4.78 is 10.9. The van der Waals surface area contributed by atoms with E-state index in [0.717, 1.165) is 11.1 Å². The first-order chi connectivity index (χ1) is 18.5. The van der Waals surface area contributed by atoms with Crippen LogP contribution in [0.25, 0.3) is 0 Å². The molecule has 0 radical (unpaired) electrons. The predicted octanol–water partition coefficient (Wildman–Crippen LogP) is 2.26. The number of amidine groups is 1. The molecule has 38 heavy (non-hydrogen) atoms.